The first-order chi connectivity index (χ1) is 8.58. The van der Waals surface area contributed by atoms with Gasteiger partial charge in [-0.3, -0.25) is 0 Å². The maximum atomic E-state index is 9.62. The molecule has 2 aromatic carbocycles. The molecular formula is C15H16BrNO. The van der Waals surface area contributed by atoms with E-state index in [0.717, 1.165) is 27.8 Å². The number of halogens is 1. The molecule has 0 saturated heterocycles. The number of anilines is 1. The average Bonchev–Trinajstić information content (AvgIpc) is 2.34. The summed E-state index contributed by atoms with van der Waals surface area (Å²) < 4.78 is 1.10. The minimum absolute atomic E-state index is 0.346. The molecule has 18 heavy (non-hydrogen) atoms. The van der Waals surface area contributed by atoms with Crippen LogP contribution in [0, 0.1) is 13.8 Å². The third kappa shape index (κ3) is 2.85. The van der Waals surface area contributed by atoms with Crippen LogP contribution in [0.25, 0.3) is 0 Å². The number of nitrogens with one attached hydrogen (secondary N) is 1. The lowest BCUT2D eigenvalue weighted by Gasteiger charge is -2.12. The summed E-state index contributed by atoms with van der Waals surface area (Å²) in [5, 5.41) is 13.0. The van der Waals surface area contributed by atoms with Gasteiger partial charge in [0.2, 0.25) is 0 Å². The smallest absolute Gasteiger partial charge is 0.118 e. The van der Waals surface area contributed by atoms with Gasteiger partial charge in [0, 0.05) is 16.7 Å². The first-order valence-corrected chi connectivity index (χ1v) is 6.64. The van der Waals surface area contributed by atoms with E-state index in [1.54, 1.807) is 6.07 Å². The van der Waals surface area contributed by atoms with Crippen molar-refractivity contribution in [2.75, 3.05) is 5.32 Å². The number of rotatable bonds is 3. The van der Waals surface area contributed by atoms with Gasteiger partial charge in [-0.05, 0) is 48.7 Å². The zero-order chi connectivity index (χ0) is 13.1. The third-order valence-electron chi connectivity index (χ3n) is 2.97. The van der Waals surface area contributed by atoms with Crippen LogP contribution in [0.15, 0.2) is 40.9 Å². The van der Waals surface area contributed by atoms with Crippen LogP contribution in [0.5, 0.6) is 5.75 Å². The molecule has 0 saturated carbocycles. The van der Waals surface area contributed by atoms with E-state index in [0.29, 0.717) is 5.75 Å². The summed E-state index contributed by atoms with van der Waals surface area (Å²) in [5.74, 6) is 0.346. The van der Waals surface area contributed by atoms with Crippen LogP contribution >= 0.6 is 15.9 Å². The van der Waals surface area contributed by atoms with Crippen molar-refractivity contribution < 1.29 is 5.11 Å². The summed E-state index contributed by atoms with van der Waals surface area (Å²) in [6.07, 6.45) is 0. The molecule has 0 heterocycles. The maximum absolute atomic E-state index is 9.62. The molecule has 2 N–H and O–H groups in total. The predicted molar refractivity (Wildman–Crippen MR) is 79.0 cm³/mol. The summed E-state index contributed by atoms with van der Waals surface area (Å²) >= 11 is 3.53. The maximum Gasteiger partial charge on any atom is 0.118 e. The van der Waals surface area contributed by atoms with Crippen molar-refractivity contribution in [3.05, 3.63) is 57.6 Å². The summed E-state index contributed by atoms with van der Waals surface area (Å²) in [5.41, 5.74) is 4.20. The van der Waals surface area contributed by atoms with Crippen molar-refractivity contribution in [1.82, 2.24) is 0 Å². The number of phenolic OH excluding ortho intramolecular Hbond substituents is 1. The third-order valence-corrected chi connectivity index (χ3v) is 3.74. The molecular weight excluding hydrogens is 290 g/mol. The number of benzene rings is 2. The fraction of sp³-hybridized carbons (Fsp3) is 0.200. The summed E-state index contributed by atoms with van der Waals surface area (Å²) in [7, 11) is 0. The Kier molecular flexibility index (Phi) is 3.92. The molecule has 0 aromatic heterocycles. The van der Waals surface area contributed by atoms with Crippen LogP contribution < -0.4 is 5.32 Å². The highest BCUT2D eigenvalue weighted by Gasteiger charge is 2.04. The summed E-state index contributed by atoms with van der Waals surface area (Å²) in [4.78, 5) is 0. The molecule has 0 aliphatic carbocycles. The highest BCUT2D eigenvalue weighted by molar-refractivity contribution is 9.10. The molecule has 2 nitrogen and oxygen atoms in total. The Morgan fingerprint density at radius 1 is 1.11 bits per heavy atom. The van der Waals surface area contributed by atoms with E-state index < -0.39 is 0 Å². The van der Waals surface area contributed by atoms with Gasteiger partial charge >= 0.3 is 0 Å². The lowest BCUT2D eigenvalue weighted by atomic mass is 10.1. The number of phenols is 1. The second-order valence-corrected chi connectivity index (χ2v) is 5.25. The molecule has 94 valence electrons. The van der Waals surface area contributed by atoms with Gasteiger partial charge in [0.15, 0.2) is 0 Å². The van der Waals surface area contributed by atoms with Gasteiger partial charge < -0.3 is 10.4 Å². The van der Waals surface area contributed by atoms with Crippen LogP contribution in [0.4, 0.5) is 5.69 Å². The molecule has 0 spiro atoms. The van der Waals surface area contributed by atoms with Crippen molar-refractivity contribution >= 4 is 21.6 Å². The Hall–Kier alpha value is -1.48. The average molecular weight is 306 g/mol. The molecule has 3 heteroatoms. The van der Waals surface area contributed by atoms with Gasteiger partial charge in [-0.2, -0.15) is 0 Å². The SMILES string of the molecule is Cc1cc(NCc2ccccc2Br)c(C)cc1O. The highest BCUT2D eigenvalue weighted by Crippen LogP contribution is 2.26. The van der Waals surface area contributed by atoms with Crippen LogP contribution in [-0.2, 0) is 6.54 Å². The molecule has 0 radical (unpaired) electrons. The van der Waals surface area contributed by atoms with Crippen molar-refractivity contribution in [3.63, 3.8) is 0 Å². The Labute approximate surface area is 116 Å². The zero-order valence-electron chi connectivity index (χ0n) is 10.5. The lowest BCUT2D eigenvalue weighted by Crippen LogP contribution is -2.02. The topological polar surface area (TPSA) is 32.3 Å². The van der Waals surface area contributed by atoms with E-state index in [4.69, 9.17) is 0 Å². The van der Waals surface area contributed by atoms with E-state index >= 15 is 0 Å². The fourth-order valence-electron chi connectivity index (χ4n) is 1.82. The van der Waals surface area contributed by atoms with Gasteiger partial charge in [0.05, 0.1) is 0 Å². The Balaban J connectivity index is 2.16. The lowest BCUT2D eigenvalue weighted by molar-refractivity contribution is 0.471. The number of aryl methyl sites for hydroxylation is 2. The van der Waals surface area contributed by atoms with E-state index in [2.05, 4.69) is 27.3 Å². The van der Waals surface area contributed by atoms with Gasteiger partial charge in [-0.15, -0.1) is 0 Å². The molecule has 0 amide bonds. The molecule has 0 fully saturated rings. The monoisotopic (exact) mass is 305 g/mol. The first kappa shape index (κ1) is 13.0. The largest absolute Gasteiger partial charge is 0.508 e. The van der Waals surface area contributed by atoms with Crippen LogP contribution in [0.3, 0.4) is 0 Å². The van der Waals surface area contributed by atoms with Gasteiger partial charge in [-0.1, -0.05) is 34.1 Å². The van der Waals surface area contributed by atoms with Crippen molar-refractivity contribution in [1.29, 1.82) is 0 Å². The molecule has 0 aliphatic rings. The Morgan fingerprint density at radius 2 is 1.83 bits per heavy atom. The molecule has 0 atom stereocenters. The van der Waals surface area contributed by atoms with E-state index in [9.17, 15) is 5.11 Å². The highest BCUT2D eigenvalue weighted by atomic mass is 79.9. The fourth-order valence-corrected chi connectivity index (χ4v) is 2.25. The van der Waals surface area contributed by atoms with Crippen molar-refractivity contribution in [2.24, 2.45) is 0 Å². The Morgan fingerprint density at radius 3 is 2.56 bits per heavy atom. The van der Waals surface area contributed by atoms with Crippen LogP contribution in [-0.4, -0.2) is 5.11 Å². The van der Waals surface area contributed by atoms with Gasteiger partial charge in [-0.25, -0.2) is 0 Å². The Bertz CT molecular complexity index is 566. The predicted octanol–water partition coefficient (Wildman–Crippen LogP) is 4.38. The van der Waals surface area contributed by atoms with Crippen molar-refractivity contribution in [2.45, 2.75) is 20.4 Å². The number of hydrogen-bond acceptors (Lipinski definition) is 2. The minimum atomic E-state index is 0.346. The van der Waals surface area contributed by atoms with E-state index in [1.807, 2.05) is 38.1 Å². The van der Waals surface area contributed by atoms with Crippen LogP contribution in [0.2, 0.25) is 0 Å². The molecule has 0 unspecified atom stereocenters. The van der Waals surface area contributed by atoms with Gasteiger partial charge in [0.25, 0.3) is 0 Å². The molecule has 2 rings (SSSR count). The summed E-state index contributed by atoms with van der Waals surface area (Å²) in [6, 6.07) is 11.9. The normalized spacial score (nSPS) is 10.4. The number of aromatic hydroxyl groups is 1. The van der Waals surface area contributed by atoms with Crippen LogP contribution in [0.1, 0.15) is 16.7 Å². The second kappa shape index (κ2) is 5.44. The molecule has 0 aliphatic heterocycles. The number of hydrogen-bond donors (Lipinski definition) is 2. The first-order valence-electron chi connectivity index (χ1n) is 5.85. The van der Waals surface area contributed by atoms with E-state index in [-0.39, 0.29) is 0 Å². The summed E-state index contributed by atoms with van der Waals surface area (Å²) in [6.45, 7) is 4.65. The van der Waals surface area contributed by atoms with E-state index in [1.165, 1.54) is 5.56 Å². The quantitative estimate of drug-likeness (QED) is 0.825. The standard InChI is InChI=1S/C15H16BrNO/c1-10-8-15(18)11(2)7-14(10)17-9-12-5-3-4-6-13(12)16/h3-8,17-18H,9H2,1-2H3. The zero-order valence-corrected chi connectivity index (χ0v) is 12.1. The molecule has 0 bridgehead atoms. The minimum Gasteiger partial charge on any atom is -0.508 e. The molecule has 2 aromatic rings. The van der Waals surface area contributed by atoms with Crippen molar-refractivity contribution in [3.8, 4) is 5.75 Å². The second-order valence-electron chi connectivity index (χ2n) is 4.40. The van der Waals surface area contributed by atoms with Gasteiger partial charge in [0.1, 0.15) is 5.75 Å².